The number of methoxy groups -OCH3 is 1. The quantitative estimate of drug-likeness (QED) is 0.761. The van der Waals surface area contributed by atoms with E-state index in [0.717, 1.165) is 11.6 Å². The molecule has 0 saturated heterocycles. The zero-order valence-corrected chi connectivity index (χ0v) is 13.9. The second-order valence-corrected chi connectivity index (χ2v) is 5.35. The molecule has 0 aliphatic rings. The van der Waals surface area contributed by atoms with Crippen LogP contribution in [0.15, 0.2) is 49.1 Å². The Morgan fingerprint density at radius 3 is 2.75 bits per heavy atom. The van der Waals surface area contributed by atoms with E-state index in [9.17, 15) is 9.18 Å². The summed E-state index contributed by atoms with van der Waals surface area (Å²) in [5, 5.41) is 2.68. The number of ether oxygens (including phenoxy) is 2. The molecular formula is C18H17ClFNO3. The van der Waals surface area contributed by atoms with E-state index in [1.54, 1.807) is 12.1 Å². The summed E-state index contributed by atoms with van der Waals surface area (Å²) >= 11 is 5.86. The minimum Gasteiger partial charge on any atom is -0.493 e. The van der Waals surface area contributed by atoms with Gasteiger partial charge in [0.1, 0.15) is 5.82 Å². The van der Waals surface area contributed by atoms with Crippen molar-refractivity contribution in [3.05, 3.63) is 65.5 Å². The SMILES string of the molecule is C=CCc1ccc(OCC(=O)Nc2ccc(F)cc2Cl)c(OC)c1. The lowest BCUT2D eigenvalue weighted by Crippen LogP contribution is -2.20. The Kier molecular flexibility index (Phi) is 6.21. The highest BCUT2D eigenvalue weighted by molar-refractivity contribution is 6.33. The minimum atomic E-state index is -0.474. The zero-order chi connectivity index (χ0) is 17.5. The third-order valence-electron chi connectivity index (χ3n) is 3.17. The Labute approximate surface area is 144 Å². The maximum atomic E-state index is 13.0. The first-order valence-corrected chi connectivity index (χ1v) is 7.56. The molecule has 1 amide bonds. The average molecular weight is 350 g/mol. The normalized spacial score (nSPS) is 10.1. The number of carbonyl (C=O) groups is 1. The second kappa shape index (κ2) is 8.36. The van der Waals surface area contributed by atoms with Crippen LogP contribution in [0, 0.1) is 5.82 Å². The average Bonchev–Trinajstić information content (AvgIpc) is 2.56. The van der Waals surface area contributed by atoms with Gasteiger partial charge in [-0.15, -0.1) is 6.58 Å². The molecule has 0 bridgehead atoms. The maximum Gasteiger partial charge on any atom is 0.262 e. The number of benzene rings is 2. The van der Waals surface area contributed by atoms with E-state index in [-0.39, 0.29) is 11.6 Å². The van der Waals surface area contributed by atoms with Crippen LogP contribution in [0.25, 0.3) is 0 Å². The van der Waals surface area contributed by atoms with E-state index in [2.05, 4.69) is 11.9 Å². The topological polar surface area (TPSA) is 47.6 Å². The van der Waals surface area contributed by atoms with Crippen molar-refractivity contribution in [2.45, 2.75) is 6.42 Å². The summed E-state index contributed by atoms with van der Waals surface area (Å²) in [5.41, 5.74) is 1.34. The van der Waals surface area contributed by atoms with Crippen LogP contribution in [-0.4, -0.2) is 19.6 Å². The molecule has 0 radical (unpaired) electrons. The van der Waals surface area contributed by atoms with E-state index in [1.165, 1.54) is 19.2 Å². The van der Waals surface area contributed by atoms with Crippen molar-refractivity contribution in [2.75, 3.05) is 19.0 Å². The fourth-order valence-electron chi connectivity index (χ4n) is 2.05. The molecule has 126 valence electrons. The number of rotatable bonds is 7. The summed E-state index contributed by atoms with van der Waals surface area (Å²) in [6, 6.07) is 9.15. The minimum absolute atomic E-state index is 0.120. The first-order chi connectivity index (χ1) is 11.5. The Morgan fingerprint density at radius 2 is 2.08 bits per heavy atom. The lowest BCUT2D eigenvalue weighted by molar-refractivity contribution is -0.118. The number of allylic oxidation sites excluding steroid dienone is 1. The van der Waals surface area contributed by atoms with Gasteiger partial charge in [-0.05, 0) is 42.3 Å². The molecule has 0 aliphatic heterocycles. The van der Waals surface area contributed by atoms with Crippen molar-refractivity contribution >= 4 is 23.2 Å². The molecule has 2 rings (SSSR count). The first kappa shape index (κ1) is 17.8. The summed E-state index contributed by atoms with van der Waals surface area (Å²) < 4.78 is 23.7. The van der Waals surface area contributed by atoms with Crippen molar-refractivity contribution in [1.82, 2.24) is 0 Å². The van der Waals surface area contributed by atoms with Gasteiger partial charge >= 0.3 is 0 Å². The lowest BCUT2D eigenvalue weighted by atomic mass is 10.1. The number of hydrogen-bond donors (Lipinski definition) is 1. The molecule has 0 saturated carbocycles. The highest BCUT2D eigenvalue weighted by Crippen LogP contribution is 2.28. The second-order valence-electron chi connectivity index (χ2n) is 4.94. The highest BCUT2D eigenvalue weighted by Gasteiger charge is 2.10. The van der Waals surface area contributed by atoms with Crippen LogP contribution in [0.4, 0.5) is 10.1 Å². The van der Waals surface area contributed by atoms with Gasteiger partial charge in [0.25, 0.3) is 5.91 Å². The summed E-state index contributed by atoms with van der Waals surface area (Å²) in [6.45, 7) is 3.46. The predicted octanol–water partition coefficient (Wildman–Crippen LogP) is 4.23. The zero-order valence-electron chi connectivity index (χ0n) is 13.1. The molecule has 0 spiro atoms. The molecule has 6 heteroatoms. The van der Waals surface area contributed by atoms with Crippen LogP contribution >= 0.6 is 11.6 Å². The van der Waals surface area contributed by atoms with Gasteiger partial charge in [-0.1, -0.05) is 23.7 Å². The Bertz CT molecular complexity index is 749. The van der Waals surface area contributed by atoms with E-state index in [0.29, 0.717) is 23.6 Å². The highest BCUT2D eigenvalue weighted by atomic mass is 35.5. The van der Waals surface area contributed by atoms with Gasteiger partial charge < -0.3 is 14.8 Å². The summed E-state index contributed by atoms with van der Waals surface area (Å²) in [4.78, 5) is 11.9. The molecule has 0 aliphatic carbocycles. The third kappa shape index (κ3) is 4.73. The molecule has 0 heterocycles. The van der Waals surface area contributed by atoms with Gasteiger partial charge in [0.2, 0.25) is 0 Å². The smallest absolute Gasteiger partial charge is 0.262 e. The van der Waals surface area contributed by atoms with Crippen LogP contribution in [-0.2, 0) is 11.2 Å². The molecule has 0 aromatic heterocycles. The predicted molar refractivity (Wildman–Crippen MR) is 92.4 cm³/mol. The number of carbonyl (C=O) groups excluding carboxylic acids is 1. The van der Waals surface area contributed by atoms with Crippen LogP contribution in [0.2, 0.25) is 5.02 Å². The standard InChI is InChI=1S/C18H17ClFNO3/c1-3-4-12-5-8-16(17(9-12)23-2)24-11-18(22)21-15-7-6-13(20)10-14(15)19/h3,5-10H,1,4,11H2,2H3,(H,21,22). The maximum absolute atomic E-state index is 13.0. The number of amides is 1. The molecule has 24 heavy (non-hydrogen) atoms. The molecule has 2 aromatic carbocycles. The van der Waals surface area contributed by atoms with E-state index in [4.69, 9.17) is 21.1 Å². The molecule has 0 unspecified atom stereocenters. The Hall–Kier alpha value is -2.53. The molecule has 4 nitrogen and oxygen atoms in total. The van der Waals surface area contributed by atoms with E-state index < -0.39 is 11.7 Å². The van der Waals surface area contributed by atoms with E-state index >= 15 is 0 Å². The Morgan fingerprint density at radius 1 is 1.29 bits per heavy atom. The molecule has 2 aromatic rings. The van der Waals surface area contributed by atoms with Crippen molar-refractivity contribution in [2.24, 2.45) is 0 Å². The van der Waals surface area contributed by atoms with E-state index in [1.807, 2.05) is 12.1 Å². The summed E-state index contributed by atoms with van der Waals surface area (Å²) in [5.74, 6) is 0.0898. The largest absolute Gasteiger partial charge is 0.493 e. The van der Waals surface area contributed by atoms with Crippen molar-refractivity contribution < 1.29 is 18.7 Å². The van der Waals surface area contributed by atoms with Crippen LogP contribution in [0.5, 0.6) is 11.5 Å². The van der Waals surface area contributed by atoms with Crippen LogP contribution < -0.4 is 14.8 Å². The van der Waals surface area contributed by atoms with Gasteiger partial charge in [-0.2, -0.15) is 0 Å². The number of anilines is 1. The number of halogens is 2. The van der Waals surface area contributed by atoms with Gasteiger partial charge in [0, 0.05) is 0 Å². The van der Waals surface area contributed by atoms with Crippen molar-refractivity contribution in [3.63, 3.8) is 0 Å². The van der Waals surface area contributed by atoms with Gasteiger partial charge in [0.15, 0.2) is 18.1 Å². The lowest BCUT2D eigenvalue weighted by Gasteiger charge is -2.12. The monoisotopic (exact) mass is 349 g/mol. The summed E-state index contributed by atoms with van der Waals surface area (Å²) in [7, 11) is 1.53. The van der Waals surface area contributed by atoms with Crippen molar-refractivity contribution in [3.8, 4) is 11.5 Å². The fourth-order valence-corrected chi connectivity index (χ4v) is 2.26. The number of nitrogens with one attached hydrogen (secondary N) is 1. The van der Waals surface area contributed by atoms with Gasteiger partial charge in [-0.25, -0.2) is 4.39 Å². The fraction of sp³-hybridized carbons (Fsp3) is 0.167. The van der Waals surface area contributed by atoms with Gasteiger partial charge in [0.05, 0.1) is 17.8 Å². The van der Waals surface area contributed by atoms with Crippen molar-refractivity contribution in [1.29, 1.82) is 0 Å². The molecule has 0 atom stereocenters. The first-order valence-electron chi connectivity index (χ1n) is 7.19. The number of hydrogen-bond acceptors (Lipinski definition) is 3. The summed E-state index contributed by atoms with van der Waals surface area (Å²) in [6.07, 6.45) is 2.50. The Balaban J connectivity index is 1.99. The van der Waals surface area contributed by atoms with Gasteiger partial charge in [-0.3, -0.25) is 4.79 Å². The molecular weight excluding hydrogens is 333 g/mol. The van der Waals surface area contributed by atoms with Crippen LogP contribution in [0.1, 0.15) is 5.56 Å². The van der Waals surface area contributed by atoms with Crippen LogP contribution in [0.3, 0.4) is 0 Å². The third-order valence-corrected chi connectivity index (χ3v) is 3.48. The molecule has 1 N–H and O–H groups in total. The molecule has 0 fully saturated rings.